The third-order valence-electron chi connectivity index (χ3n) is 3.40. The normalized spacial score (nSPS) is 18.8. The van der Waals surface area contributed by atoms with Gasteiger partial charge in [0.2, 0.25) is 5.91 Å². The maximum Gasteiger partial charge on any atom is 0.401 e. The topological polar surface area (TPSA) is 58.4 Å². The van der Waals surface area contributed by atoms with Crippen LogP contribution in [0, 0.1) is 0 Å². The molecule has 0 aromatic heterocycles. The van der Waals surface area contributed by atoms with E-state index in [-0.39, 0.29) is 12.5 Å². The maximum absolute atomic E-state index is 12.1. The van der Waals surface area contributed by atoms with E-state index < -0.39 is 18.3 Å². The Morgan fingerprint density at radius 2 is 1.95 bits per heavy atom. The number of carbonyl (C=O) groups excluding carboxylic acids is 1. The number of halogens is 3. The number of hydrogen-bond donors (Lipinski definition) is 2. The van der Waals surface area contributed by atoms with Crippen LogP contribution >= 0.6 is 0 Å². The highest BCUT2D eigenvalue weighted by Crippen LogP contribution is 2.27. The summed E-state index contributed by atoms with van der Waals surface area (Å²) in [6.45, 7) is -0.279. The van der Waals surface area contributed by atoms with Gasteiger partial charge in [0, 0.05) is 6.54 Å². The Kier molecular flexibility index (Phi) is 5.61. The lowest BCUT2D eigenvalue weighted by Crippen LogP contribution is -2.52. The number of carbonyl (C=O) groups is 1. The van der Waals surface area contributed by atoms with Crippen LogP contribution < -0.4 is 11.1 Å². The number of nitrogens with zero attached hydrogens (tertiary/aromatic N) is 1. The lowest BCUT2D eigenvalue weighted by atomic mass is 9.98. The molecule has 1 amide bonds. The second-order valence-electron chi connectivity index (χ2n) is 5.33. The molecule has 1 saturated carbocycles. The van der Waals surface area contributed by atoms with E-state index in [1.807, 2.05) is 0 Å². The highest BCUT2D eigenvalue weighted by molar-refractivity contribution is 5.86. The van der Waals surface area contributed by atoms with Gasteiger partial charge in [0.25, 0.3) is 0 Å². The number of nitrogens with one attached hydrogen (secondary N) is 1. The first-order valence-electron chi connectivity index (χ1n) is 6.55. The summed E-state index contributed by atoms with van der Waals surface area (Å²) in [6.07, 6.45) is -0.409. The minimum Gasteiger partial charge on any atom is -0.354 e. The third kappa shape index (κ3) is 5.78. The monoisotopic (exact) mass is 281 g/mol. The first kappa shape index (κ1) is 16.2. The summed E-state index contributed by atoms with van der Waals surface area (Å²) in [7, 11) is 1.41. The molecular formula is C12H22F3N3O. The fraction of sp³-hybridized carbons (Fsp3) is 0.917. The van der Waals surface area contributed by atoms with E-state index in [9.17, 15) is 18.0 Å². The van der Waals surface area contributed by atoms with Crippen LogP contribution in [0.4, 0.5) is 13.2 Å². The van der Waals surface area contributed by atoms with Gasteiger partial charge in [-0.05, 0) is 32.9 Å². The smallest absolute Gasteiger partial charge is 0.354 e. The summed E-state index contributed by atoms with van der Waals surface area (Å²) >= 11 is 0. The predicted octanol–water partition coefficient (Wildman–Crippen LogP) is 1.26. The zero-order valence-corrected chi connectivity index (χ0v) is 11.2. The van der Waals surface area contributed by atoms with E-state index in [1.165, 1.54) is 11.9 Å². The van der Waals surface area contributed by atoms with Gasteiger partial charge in [-0.3, -0.25) is 9.69 Å². The van der Waals surface area contributed by atoms with Gasteiger partial charge in [0.05, 0.1) is 12.1 Å². The first-order valence-corrected chi connectivity index (χ1v) is 6.55. The third-order valence-corrected chi connectivity index (χ3v) is 3.40. The first-order chi connectivity index (χ1) is 8.73. The van der Waals surface area contributed by atoms with Crippen LogP contribution in [0.15, 0.2) is 0 Å². The summed E-state index contributed by atoms with van der Waals surface area (Å²) in [6, 6.07) is 0. The lowest BCUT2D eigenvalue weighted by molar-refractivity contribution is -0.143. The number of rotatable bonds is 6. The molecule has 3 N–H and O–H groups in total. The van der Waals surface area contributed by atoms with Crippen molar-refractivity contribution in [3.05, 3.63) is 0 Å². The molecule has 7 heteroatoms. The van der Waals surface area contributed by atoms with Gasteiger partial charge in [0.15, 0.2) is 0 Å². The van der Waals surface area contributed by atoms with Gasteiger partial charge < -0.3 is 11.1 Å². The van der Waals surface area contributed by atoms with E-state index in [2.05, 4.69) is 5.32 Å². The zero-order valence-electron chi connectivity index (χ0n) is 11.2. The van der Waals surface area contributed by atoms with Crippen molar-refractivity contribution in [1.29, 1.82) is 0 Å². The standard InChI is InChI=1S/C12H22F3N3O/c1-18(9-12(13,14)15)8-4-7-17-10(19)11(16)5-2-3-6-11/h2-9,16H2,1H3,(H,17,19). The molecule has 0 aromatic carbocycles. The molecule has 0 saturated heterocycles. The average molecular weight is 281 g/mol. The SMILES string of the molecule is CN(CCCNC(=O)C1(N)CCCC1)CC(F)(F)F. The Balaban J connectivity index is 2.15. The van der Waals surface area contributed by atoms with Crippen LogP contribution in [0.25, 0.3) is 0 Å². The molecule has 0 unspecified atom stereocenters. The van der Waals surface area contributed by atoms with Gasteiger partial charge in [-0.25, -0.2) is 0 Å². The van der Waals surface area contributed by atoms with Crippen molar-refractivity contribution in [2.75, 3.05) is 26.7 Å². The number of nitrogens with two attached hydrogens (primary N) is 1. The molecule has 0 bridgehead atoms. The Bertz CT molecular complexity index is 301. The molecule has 0 atom stereocenters. The van der Waals surface area contributed by atoms with Gasteiger partial charge in [-0.15, -0.1) is 0 Å². The van der Waals surface area contributed by atoms with E-state index >= 15 is 0 Å². The van der Waals surface area contributed by atoms with Gasteiger partial charge in [-0.2, -0.15) is 13.2 Å². The van der Waals surface area contributed by atoms with Gasteiger partial charge >= 0.3 is 6.18 Å². The molecule has 0 heterocycles. The molecule has 0 aromatic rings. The average Bonchev–Trinajstić information content (AvgIpc) is 2.70. The molecule has 1 rings (SSSR count). The molecule has 0 spiro atoms. The van der Waals surface area contributed by atoms with Crippen LogP contribution in [0.1, 0.15) is 32.1 Å². The fourth-order valence-electron chi connectivity index (χ4n) is 2.35. The summed E-state index contributed by atoms with van der Waals surface area (Å²) in [5.74, 6) is -0.177. The van der Waals surface area contributed by atoms with Crippen LogP contribution in [0.5, 0.6) is 0 Å². The van der Waals surface area contributed by atoms with Crippen molar-refractivity contribution >= 4 is 5.91 Å². The minimum atomic E-state index is -4.18. The zero-order chi connectivity index (χ0) is 14.5. The molecule has 112 valence electrons. The van der Waals surface area contributed by atoms with Gasteiger partial charge in [0.1, 0.15) is 0 Å². The molecule has 4 nitrogen and oxygen atoms in total. The Morgan fingerprint density at radius 1 is 1.37 bits per heavy atom. The van der Waals surface area contributed by atoms with Crippen LogP contribution in [-0.2, 0) is 4.79 Å². The molecule has 1 aliphatic carbocycles. The number of amides is 1. The highest BCUT2D eigenvalue weighted by atomic mass is 19.4. The van der Waals surface area contributed by atoms with Crippen molar-refractivity contribution in [3.63, 3.8) is 0 Å². The van der Waals surface area contributed by atoms with Crippen molar-refractivity contribution in [1.82, 2.24) is 10.2 Å². The second-order valence-corrected chi connectivity index (χ2v) is 5.33. The predicted molar refractivity (Wildman–Crippen MR) is 66.6 cm³/mol. The molecular weight excluding hydrogens is 259 g/mol. The second kappa shape index (κ2) is 6.56. The van der Waals surface area contributed by atoms with Crippen molar-refractivity contribution in [2.24, 2.45) is 5.73 Å². The van der Waals surface area contributed by atoms with E-state index in [1.54, 1.807) is 0 Å². The minimum absolute atomic E-state index is 0.177. The largest absolute Gasteiger partial charge is 0.401 e. The summed E-state index contributed by atoms with van der Waals surface area (Å²) in [4.78, 5) is 13.0. The molecule has 1 aliphatic rings. The van der Waals surface area contributed by atoms with Crippen molar-refractivity contribution in [3.8, 4) is 0 Å². The Hall–Kier alpha value is -0.820. The maximum atomic E-state index is 12.1. The van der Waals surface area contributed by atoms with Gasteiger partial charge in [-0.1, -0.05) is 12.8 Å². The fourth-order valence-corrected chi connectivity index (χ4v) is 2.35. The van der Waals surface area contributed by atoms with Crippen LogP contribution in [0.2, 0.25) is 0 Å². The molecule has 0 radical (unpaired) electrons. The number of alkyl halides is 3. The van der Waals surface area contributed by atoms with Crippen molar-refractivity contribution < 1.29 is 18.0 Å². The van der Waals surface area contributed by atoms with Crippen LogP contribution in [0.3, 0.4) is 0 Å². The molecule has 19 heavy (non-hydrogen) atoms. The van der Waals surface area contributed by atoms with E-state index in [0.29, 0.717) is 25.8 Å². The molecule has 1 fully saturated rings. The molecule has 0 aliphatic heterocycles. The van der Waals surface area contributed by atoms with E-state index in [4.69, 9.17) is 5.73 Å². The lowest BCUT2D eigenvalue weighted by Gasteiger charge is -2.23. The number of hydrogen-bond acceptors (Lipinski definition) is 3. The summed E-state index contributed by atoms with van der Waals surface area (Å²) < 4.78 is 36.2. The summed E-state index contributed by atoms with van der Waals surface area (Å²) in [5, 5.41) is 2.71. The van der Waals surface area contributed by atoms with Crippen LogP contribution in [-0.4, -0.2) is 49.2 Å². The van der Waals surface area contributed by atoms with E-state index in [0.717, 1.165) is 12.8 Å². The summed E-state index contributed by atoms with van der Waals surface area (Å²) in [5.41, 5.74) is 5.19. The Labute approximate surface area is 111 Å². The van der Waals surface area contributed by atoms with Crippen molar-refractivity contribution in [2.45, 2.75) is 43.8 Å². The highest BCUT2D eigenvalue weighted by Gasteiger charge is 2.36. The quantitative estimate of drug-likeness (QED) is 0.721. The Morgan fingerprint density at radius 3 is 2.47 bits per heavy atom.